The van der Waals surface area contributed by atoms with Crippen LogP contribution in [0.2, 0.25) is 0 Å². The largest absolute Gasteiger partial charge is 0.504 e. The maximum absolute atomic E-state index is 9.74. The monoisotopic (exact) mass is 298 g/mol. The van der Waals surface area contributed by atoms with Gasteiger partial charge >= 0.3 is 0 Å². The fraction of sp³-hybridized carbons (Fsp3) is 0.267. The molecule has 22 heavy (non-hydrogen) atoms. The molecule has 7 heteroatoms. The van der Waals surface area contributed by atoms with Gasteiger partial charge in [-0.15, -0.1) is 5.10 Å². The molecule has 3 N–H and O–H groups in total. The molecular formula is C15H14N4O3. The van der Waals surface area contributed by atoms with Crippen LogP contribution in [0.25, 0.3) is 0 Å². The number of aromatic amines is 1. The van der Waals surface area contributed by atoms with Crippen LogP contribution in [0.4, 0.5) is 0 Å². The van der Waals surface area contributed by atoms with E-state index in [0.717, 1.165) is 16.8 Å². The number of benzene rings is 1. The standard InChI is InChI=1S/C15H14N4O3/c1-7-12-13(8-3-4-10(20)11(5-8)21-2)9(6-16)14(17)22-15(12)19-18-7/h3-5,9,13,17,20H,1-2H3,(H,18,19). The van der Waals surface area contributed by atoms with E-state index in [1.165, 1.54) is 13.2 Å². The predicted octanol–water partition coefficient (Wildman–Crippen LogP) is 2.07. The van der Waals surface area contributed by atoms with E-state index in [-0.39, 0.29) is 11.6 Å². The molecule has 0 amide bonds. The molecule has 2 heterocycles. The first-order valence-electron chi connectivity index (χ1n) is 6.64. The molecule has 0 saturated heterocycles. The van der Waals surface area contributed by atoms with Gasteiger partial charge in [0.1, 0.15) is 5.92 Å². The number of aromatic hydroxyl groups is 1. The van der Waals surface area contributed by atoms with E-state index >= 15 is 0 Å². The fourth-order valence-corrected chi connectivity index (χ4v) is 2.73. The maximum atomic E-state index is 9.74. The van der Waals surface area contributed by atoms with Crippen LogP contribution in [0.1, 0.15) is 22.7 Å². The zero-order valence-electron chi connectivity index (χ0n) is 12.0. The number of rotatable bonds is 2. The first kappa shape index (κ1) is 13.9. The Morgan fingerprint density at radius 1 is 1.50 bits per heavy atom. The van der Waals surface area contributed by atoms with Gasteiger partial charge in [0.15, 0.2) is 11.5 Å². The molecule has 2 aromatic rings. The van der Waals surface area contributed by atoms with Crippen LogP contribution in [0.15, 0.2) is 18.2 Å². The van der Waals surface area contributed by atoms with E-state index in [1.807, 2.05) is 6.92 Å². The Morgan fingerprint density at radius 3 is 2.95 bits per heavy atom. The van der Waals surface area contributed by atoms with Crippen molar-refractivity contribution in [2.24, 2.45) is 5.92 Å². The third kappa shape index (κ3) is 1.97. The number of nitrogens with one attached hydrogen (secondary N) is 2. The number of fused-ring (bicyclic) bond motifs is 1. The number of aryl methyl sites for hydroxylation is 1. The van der Waals surface area contributed by atoms with Crippen LogP contribution in [-0.4, -0.2) is 28.3 Å². The lowest BCUT2D eigenvalue weighted by Gasteiger charge is -2.28. The number of ether oxygens (including phenoxy) is 2. The van der Waals surface area contributed by atoms with Gasteiger partial charge in [-0.1, -0.05) is 6.07 Å². The maximum Gasteiger partial charge on any atom is 0.243 e. The highest BCUT2D eigenvalue weighted by molar-refractivity contribution is 5.84. The summed E-state index contributed by atoms with van der Waals surface area (Å²) in [7, 11) is 1.46. The molecule has 1 aliphatic heterocycles. The Hall–Kier alpha value is -3.01. The SMILES string of the molecule is COc1cc(C2c3c(n[nH]c3C)OC(=N)C2C#N)ccc1O. The van der Waals surface area contributed by atoms with Gasteiger partial charge in [-0.25, -0.2) is 0 Å². The molecule has 112 valence electrons. The first-order chi connectivity index (χ1) is 10.6. The Morgan fingerprint density at radius 2 is 2.27 bits per heavy atom. The highest BCUT2D eigenvalue weighted by atomic mass is 16.5. The normalized spacial score (nSPS) is 20.0. The van der Waals surface area contributed by atoms with Crippen molar-refractivity contribution >= 4 is 5.90 Å². The number of phenolic OH excluding ortho intramolecular Hbond substituents is 1. The van der Waals surface area contributed by atoms with Gasteiger partial charge in [0.25, 0.3) is 0 Å². The summed E-state index contributed by atoms with van der Waals surface area (Å²) in [5.74, 6) is -0.668. The van der Waals surface area contributed by atoms with Crippen LogP contribution >= 0.6 is 0 Å². The van der Waals surface area contributed by atoms with Gasteiger partial charge < -0.3 is 14.6 Å². The molecule has 7 nitrogen and oxygen atoms in total. The van der Waals surface area contributed by atoms with Crippen molar-refractivity contribution in [2.45, 2.75) is 12.8 Å². The van der Waals surface area contributed by atoms with Crippen LogP contribution in [0.5, 0.6) is 17.4 Å². The molecule has 2 unspecified atom stereocenters. The van der Waals surface area contributed by atoms with Gasteiger partial charge in [0.05, 0.1) is 13.2 Å². The minimum Gasteiger partial charge on any atom is -0.504 e. The second-order valence-electron chi connectivity index (χ2n) is 5.05. The summed E-state index contributed by atoms with van der Waals surface area (Å²) in [6, 6.07) is 7.00. The minimum atomic E-state index is -0.766. The average Bonchev–Trinajstić information content (AvgIpc) is 2.87. The van der Waals surface area contributed by atoms with Crippen LogP contribution in [-0.2, 0) is 0 Å². The van der Waals surface area contributed by atoms with Crippen LogP contribution < -0.4 is 9.47 Å². The molecule has 2 atom stereocenters. The molecule has 0 saturated carbocycles. The summed E-state index contributed by atoms with van der Waals surface area (Å²) in [6.07, 6.45) is 0. The second-order valence-corrected chi connectivity index (χ2v) is 5.05. The van der Waals surface area contributed by atoms with Crippen molar-refractivity contribution < 1.29 is 14.6 Å². The van der Waals surface area contributed by atoms with Gasteiger partial charge in [-0.05, 0) is 24.6 Å². The highest BCUT2D eigenvalue weighted by Gasteiger charge is 2.40. The van der Waals surface area contributed by atoms with E-state index in [2.05, 4.69) is 16.3 Å². The quantitative estimate of drug-likeness (QED) is 0.785. The third-order valence-electron chi connectivity index (χ3n) is 3.79. The van der Waals surface area contributed by atoms with Crippen LogP contribution in [0, 0.1) is 29.6 Å². The van der Waals surface area contributed by atoms with Crippen molar-refractivity contribution in [3.8, 4) is 23.4 Å². The summed E-state index contributed by atoms with van der Waals surface area (Å²) in [5.41, 5.74) is 2.27. The molecule has 1 aromatic carbocycles. The summed E-state index contributed by atoms with van der Waals surface area (Å²) in [5, 5.41) is 34.0. The van der Waals surface area contributed by atoms with Crippen molar-refractivity contribution in [3.63, 3.8) is 0 Å². The van der Waals surface area contributed by atoms with Gasteiger partial charge in [0.2, 0.25) is 11.8 Å². The molecule has 1 aliphatic rings. The second kappa shape index (κ2) is 5.07. The van der Waals surface area contributed by atoms with E-state index in [0.29, 0.717) is 11.6 Å². The smallest absolute Gasteiger partial charge is 0.243 e. The molecular weight excluding hydrogens is 284 g/mol. The van der Waals surface area contributed by atoms with Crippen LogP contribution in [0.3, 0.4) is 0 Å². The van der Waals surface area contributed by atoms with Crippen molar-refractivity contribution in [2.75, 3.05) is 7.11 Å². The zero-order chi connectivity index (χ0) is 15.9. The van der Waals surface area contributed by atoms with Gasteiger partial charge in [-0.2, -0.15) is 5.26 Å². The fourth-order valence-electron chi connectivity index (χ4n) is 2.73. The zero-order valence-corrected chi connectivity index (χ0v) is 12.0. The summed E-state index contributed by atoms with van der Waals surface area (Å²) in [6.45, 7) is 1.84. The van der Waals surface area contributed by atoms with Crippen molar-refractivity contribution in [1.29, 1.82) is 10.7 Å². The number of H-pyrrole nitrogens is 1. The number of methoxy groups -OCH3 is 1. The summed E-state index contributed by atoms with van der Waals surface area (Å²) >= 11 is 0. The number of nitrogens with zero attached hydrogens (tertiary/aromatic N) is 2. The van der Waals surface area contributed by atoms with E-state index in [4.69, 9.17) is 14.9 Å². The van der Waals surface area contributed by atoms with Crippen molar-refractivity contribution in [3.05, 3.63) is 35.0 Å². The molecule has 0 aliphatic carbocycles. The molecule has 0 radical (unpaired) electrons. The number of phenols is 1. The summed E-state index contributed by atoms with van der Waals surface area (Å²) in [4.78, 5) is 0. The number of hydrogen-bond acceptors (Lipinski definition) is 6. The predicted molar refractivity (Wildman–Crippen MR) is 77.3 cm³/mol. The minimum absolute atomic E-state index is 0.0195. The van der Waals surface area contributed by atoms with E-state index in [1.54, 1.807) is 12.1 Å². The molecule has 3 rings (SSSR count). The topological polar surface area (TPSA) is 115 Å². The van der Waals surface area contributed by atoms with Gasteiger partial charge in [-0.3, -0.25) is 10.5 Å². The molecule has 0 bridgehead atoms. The molecule has 0 fully saturated rings. The average molecular weight is 298 g/mol. The van der Waals surface area contributed by atoms with E-state index in [9.17, 15) is 10.4 Å². The lowest BCUT2D eigenvalue weighted by Crippen LogP contribution is -2.30. The summed E-state index contributed by atoms with van der Waals surface area (Å²) < 4.78 is 10.5. The Balaban J connectivity index is 2.20. The Bertz CT molecular complexity index is 791. The third-order valence-corrected chi connectivity index (χ3v) is 3.79. The first-order valence-corrected chi connectivity index (χ1v) is 6.64. The number of aromatic nitrogens is 2. The van der Waals surface area contributed by atoms with Crippen molar-refractivity contribution in [1.82, 2.24) is 10.2 Å². The van der Waals surface area contributed by atoms with Gasteiger partial charge in [0, 0.05) is 17.2 Å². The molecule has 0 spiro atoms. The highest BCUT2D eigenvalue weighted by Crippen LogP contribution is 2.44. The number of hydrogen-bond donors (Lipinski definition) is 3. The Labute approximate surface area is 126 Å². The lowest BCUT2D eigenvalue weighted by molar-refractivity contribution is 0.372. The molecule has 1 aromatic heterocycles. The lowest BCUT2D eigenvalue weighted by atomic mass is 9.79. The number of nitriles is 1. The van der Waals surface area contributed by atoms with E-state index < -0.39 is 11.8 Å². The Kier molecular flexibility index (Phi) is 3.22.